The minimum atomic E-state index is -0.690. The number of rotatable bonds is 5. The molecule has 0 aromatic rings. The number of hydrogen-bond acceptors (Lipinski definition) is 2. The van der Waals surface area contributed by atoms with Gasteiger partial charge < -0.3 is 10.2 Å². The molecule has 33 heavy (non-hydrogen) atoms. The van der Waals surface area contributed by atoms with Crippen LogP contribution in [0.15, 0.2) is 22.8 Å². The Morgan fingerprint density at radius 2 is 1.73 bits per heavy atom. The monoisotopic (exact) mass is 456 g/mol. The summed E-state index contributed by atoms with van der Waals surface area (Å²) in [6.07, 6.45) is 12.0. The van der Waals surface area contributed by atoms with Crippen molar-refractivity contribution in [2.45, 2.75) is 119 Å². The van der Waals surface area contributed by atoms with Gasteiger partial charge in [-0.05, 0) is 112 Å². The molecule has 0 radical (unpaired) electrons. The van der Waals surface area contributed by atoms with Crippen molar-refractivity contribution in [2.75, 3.05) is 0 Å². The maximum atomic E-state index is 13.2. The zero-order valence-electron chi connectivity index (χ0n) is 22.3. The third kappa shape index (κ3) is 3.42. The second-order valence-electron chi connectivity index (χ2n) is 13.5. The van der Waals surface area contributed by atoms with Gasteiger partial charge >= 0.3 is 5.97 Å². The number of allylic oxidation sites excluding steroid dienone is 3. The summed E-state index contributed by atoms with van der Waals surface area (Å²) in [6.45, 7) is 15.9. The molecule has 0 saturated heterocycles. The van der Waals surface area contributed by atoms with Crippen molar-refractivity contribution < 1.29 is 15.0 Å². The summed E-state index contributed by atoms with van der Waals surface area (Å²) in [6, 6.07) is 0. The van der Waals surface area contributed by atoms with Crippen LogP contribution in [0.4, 0.5) is 0 Å². The number of carboxylic acids is 1. The highest BCUT2D eigenvalue weighted by atomic mass is 16.4. The number of aliphatic hydroxyl groups excluding tert-OH is 1. The Balaban J connectivity index is 1.74. The van der Waals surface area contributed by atoms with Gasteiger partial charge in [0.15, 0.2) is 0 Å². The van der Waals surface area contributed by atoms with Crippen LogP contribution < -0.4 is 0 Å². The lowest BCUT2D eigenvalue weighted by Gasteiger charge is -2.61. The van der Waals surface area contributed by atoms with Crippen molar-refractivity contribution in [3.63, 3.8) is 0 Å². The van der Waals surface area contributed by atoms with Gasteiger partial charge in [-0.15, -0.1) is 0 Å². The van der Waals surface area contributed by atoms with Crippen LogP contribution in [0.2, 0.25) is 0 Å². The molecule has 2 fully saturated rings. The average molecular weight is 457 g/mol. The van der Waals surface area contributed by atoms with Crippen LogP contribution in [0.25, 0.3) is 0 Å². The molecule has 4 aliphatic carbocycles. The molecule has 0 aromatic heterocycles. The fourth-order valence-corrected chi connectivity index (χ4v) is 9.58. The Morgan fingerprint density at radius 3 is 2.36 bits per heavy atom. The zero-order chi connectivity index (χ0) is 24.4. The lowest BCUT2D eigenvalue weighted by Crippen LogP contribution is -2.57. The van der Waals surface area contributed by atoms with E-state index in [0.29, 0.717) is 17.8 Å². The predicted octanol–water partition coefficient (Wildman–Crippen LogP) is 7.54. The van der Waals surface area contributed by atoms with Gasteiger partial charge in [-0.3, -0.25) is 4.79 Å². The van der Waals surface area contributed by atoms with Gasteiger partial charge in [-0.2, -0.15) is 0 Å². The van der Waals surface area contributed by atoms with Crippen LogP contribution in [0.1, 0.15) is 113 Å². The molecule has 2 saturated carbocycles. The molecule has 186 valence electrons. The van der Waals surface area contributed by atoms with Crippen LogP contribution in [0.3, 0.4) is 0 Å². The summed E-state index contributed by atoms with van der Waals surface area (Å²) in [7, 11) is 0. The first kappa shape index (κ1) is 25.0. The van der Waals surface area contributed by atoms with Crippen LogP contribution in [-0.2, 0) is 4.79 Å². The molecule has 7 atom stereocenters. The first-order valence-corrected chi connectivity index (χ1v) is 13.6. The number of carboxylic acid groups (broad SMARTS) is 1. The topological polar surface area (TPSA) is 57.5 Å². The third-order valence-corrected chi connectivity index (χ3v) is 11.5. The number of hydrogen-bond donors (Lipinski definition) is 2. The molecule has 2 N–H and O–H groups in total. The van der Waals surface area contributed by atoms with Crippen molar-refractivity contribution in [1.82, 2.24) is 0 Å². The minimum Gasteiger partial charge on any atom is -0.481 e. The van der Waals surface area contributed by atoms with E-state index in [9.17, 15) is 15.0 Å². The molecule has 0 amide bonds. The highest BCUT2D eigenvalue weighted by Crippen LogP contribution is 2.72. The van der Waals surface area contributed by atoms with Crippen molar-refractivity contribution in [2.24, 2.45) is 39.4 Å². The second-order valence-corrected chi connectivity index (χ2v) is 13.5. The van der Waals surface area contributed by atoms with Crippen molar-refractivity contribution in [3.8, 4) is 0 Å². The second kappa shape index (κ2) is 8.25. The van der Waals surface area contributed by atoms with E-state index in [2.05, 4.69) is 54.5 Å². The van der Waals surface area contributed by atoms with Gasteiger partial charge in [0.05, 0.1) is 11.5 Å². The Hall–Kier alpha value is -1.09. The lowest BCUT2D eigenvalue weighted by atomic mass is 9.43. The molecule has 4 rings (SSSR count). The average Bonchev–Trinajstić information content (AvgIpc) is 3.05. The van der Waals surface area contributed by atoms with Crippen LogP contribution in [0.5, 0.6) is 0 Å². The summed E-state index contributed by atoms with van der Waals surface area (Å²) in [5.74, 6) is 0.893. The first-order valence-electron chi connectivity index (χ1n) is 13.6. The number of aliphatic carboxylic acids is 1. The fourth-order valence-electron chi connectivity index (χ4n) is 9.58. The summed E-state index contributed by atoms with van der Waals surface area (Å²) in [5.41, 5.74) is 3.25. The zero-order valence-corrected chi connectivity index (χ0v) is 22.3. The Bertz CT molecular complexity index is 862. The maximum absolute atomic E-state index is 13.2. The van der Waals surface area contributed by atoms with Gasteiger partial charge in [-0.25, -0.2) is 0 Å². The molecule has 0 bridgehead atoms. The SMILES string of the molecule is CC(C)=CCCC(C)C1CCC2(C(=O)O)C3=C(CCC12C)C1(C)CCC(O)C(C)(C)C1CC3. The summed E-state index contributed by atoms with van der Waals surface area (Å²) >= 11 is 0. The van der Waals surface area contributed by atoms with Crippen molar-refractivity contribution in [3.05, 3.63) is 22.8 Å². The molecule has 0 heterocycles. The quantitative estimate of drug-likeness (QED) is 0.420. The molecular formula is C30H48O3. The fraction of sp³-hybridized carbons (Fsp3) is 0.833. The smallest absolute Gasteiger partial charge is 0.314 e. The van der Waals surface area contributed by atoms with Gasteiger partial charge in [0.25, 0.3) is 0 Å². The van der Waals surface area contributed by atoms with E-state index in [4.69, 9.17) is 0 Å². The summed E-state index contributed by atoms with van der Waals surface area (Å²) in [5, 5.41) is 21.7. The Kier molecular flexibility index (Phi) is 6.25. The molecule has 3 nitrogen and oxygen atoms in total. The van der Waals surface area contributed by atoms with Crippen LogP contribution in [-0.4, -0.2) is 22.3 Å². The Morgan fingerprint density at radius 1 is 1.03 bits per heavy atom. The number of aliphatic hydroxyl groups is 1. The molecule has 4 aliphatic rings. The summed E-state index contributed by atoms with van der Waals surface area (Å²) < 4.78 is 0. The van der Waals surface area contributed by atoms with Gasteiger partial charge in [0.2, 0.25) is 0 Å². The van der Waals surface area contributed by atoms with E-state index in [1.54, 1.807) is 0 Å². The molecule has 0 aliphatic heterocycles. The number of fused-ring (bicyclic) bond motifs is 4. The van der Waals surface area contributed by atoms with Gasteiger partial charge in [-0.1, -0.05) is 57.4 Å². The predicted molar refractivity (Wildman–Crippen MR) is 135 cm³/mol. The van der Waals surface area contributed by atoms with Crippen molar-refractivity contribution >= 4 is 5.97 Å². The molecular weight excluding hydrogens is 408 g/mol. The van der Waals surface area contributed by atoms with E-state index >= 15 is 0 Å². The van der Waals surface area contributed by atoms with E-state index in [-0.39, 0.29) is 22.3 Å². The molecule has 7 unspecified atom stereocenters. The van der Waals surface area contributed by atoms with E-state index in [0.717, 1.165) is 64.2 Å². The number of carbonyl (C=O) groups is 1. The molecule has 3 heteroatoms. The molecule has 0 spiro atoms. The minimum absolute atomic E-state index is 0.0350. The summed E-state index contributed by atoms with van der Waals surface area (Å²) in [4.78, 5) is 13.2. The van der Waals surface area contributed by atoms with Crippen LogP contribution in [0, 0.1) is 39.4 Å². The largest absolute Gasteiger partial charge is 0.481 e. The van der Waals surface area contributed by atoms with Crippen LogP contribution >= 0.6 is 0 Å². The van der Waals surface area contributed by atoms with E-state index in [1.807, 2.05) is 0 Å². The van der Waals surface area contributed by atoms with E-state index < -0.39 is 11.4 Å². The Labute approximate surface area is 202 Å². The highest BCUT2D eigenvalue weighted by molar-refractivity contribution is 5.81. The normalized spacial score (nSPS) is 42.7. The molecule has 0 aromatic carbocycles. The standard InChI is InChI=1S/C30H48O3/c1-19(2)9-8-10-20(3)21-14-18-30(26(32)33)23-11-12-24-27(4,5)25(31)15-16-28(24,6)22(23)13-17-29(21,30)7/h9,20-21,24-25,31H,8,10-18H2,1-7H3,(H,32,33). The lowest BCUT2D eigenvalue weighted by molar-refractivity contribution is -0.157. The van der Waals surface area contributed by atoms with Gasteiger partial charge in [0.1, 0.15) is 0 Å². The van der Waals surface area contributed by atoms with E-state index in [1.165, 1.54) is 16.7 Å². The van der Waals surface area contributed by atoms with Gasteiger partial charge in [0, 0.05) is 0 Å². The first-order chi connectivity index (χ1) is 15.3. The maximum Gasteiger partial charge on any atom is 0.314 e. The highest BCUT2D eigenvalue weighted by Gasteiger charge is 2.68. The third-order valence-electron chi connectivity index (χ3n) is 11.5. The van der Waals surface area contributed by atoms with Crippen molar-refractivity contribution in [1.29, 1.82) is 0 Å².